The number of para-hydroxylation sites is 1. The highest BCUT2D eigenvalue weighted by Crippen LogP contribution is 2.21. The van der Waals surface area contributed by atoms with E-state index in [-0.39, 0.29) is 23.7 Å². The first-order chi connectivity index (χ1) is 15.0. The van der Waals surface area contributed by atoms with E-state index < -0.39 is 17.0 Å². The van der Waals surface area contributed by atoms with Gasteiger partial charge in [-0.2, -0.15) is 0 Å². The van der Waals surface area contributed by atoms with Gasteiger partial charge in [0.05, 0.1) is 22.8 Å². The van der Waals surface area contributed by atoms with Gasteiger partial charge in [0.15, 0.2) is 5.78 Å². The number of Topliss-reactive ketones (excluding diaryl/α,β-unsaturated/α-hetero) is 1. The molecule has 0 bridgehead atoms. The molecular weight excluding hydrogens is 412 g/mol. The second-order valence-corrected chi connectivity index (χ2v) is 8.03. The van der Waals surface area contributed by atoms with Crippen molar-refractivity contribution in [1.82, 2.24) is 14.1 Å². The molecule has 0 atom stereocenters. The molecule has 0 saturated heterocycles. The molecule has 4 aromatic rings. The zero-order valence-electron chi connectivity index (χ0n) is 16.8. The van der Waals surface area contributed by atoms with Crippen molar-refractivity contribution in [2.24, 2.45) is 7.05 Å². The van der Waals surface area contributed by atoms with Gasteiger partial charge in [0, 0.05) is 12.4 Å². The van der Waals surface area contributed by atoms with Gasteiger partial charge in [-0.3, -0.25) is 18.7 Å². The lowest BCUT2D eigenvalue weighted by atomic mass is 10.2. The van der Waals surface area contributed by atoms with E-state index in [4.69, 9.17) is 5.73 Å². The predicted molar refractivity (Wildman–Crippen MR) is 123 cm³/mol. The summed E-state index contributed by atoms with van der Waals surface area (Å²) in [6.45, 7) is 0.166. The number of ketones is 1. The minimum Gasteiger partial charge on any atom is -0.384 e. The fraction of sp³-hybridized carbons (Fsp3) is 0.130. The van der Waals surface area contributed by atoms with Crippen LogP contribution in [0.25, 0.3) is 10.9 Å². The van der Waals surface area contributed by atoms with Crippen molar-refractivity contribution in [3.05, 3.63) is 98.7 Å². The average molecular weight is 433 g/mol. The third-order valence-corrected chi connectivity index (χ3v) is 5.90. The maximum atomic E-state index is 12.9. The topological polar surface area (TPSA) is 100.0 Å². The molecule has 0 fully saturated rings. The molecule has 4 rings (SSSR count). The Morgan fingerprint density at radius 1 is 1.00 bits per heavy atom. The van der Waals surface area contributed by atoms with Crippen molar-refractivity contribution in [2.75, 3.05) is 11.5 Å². The maximum Gasteiger partial charge on any atom is 0.332 e. The lowest BCUT2D eigenvalue weighted by Crippen LogP contribution is -2.43. The van der Waals surface area contributed by atoms with Crippen LogP contribution >= 0.6 is 11.8 Å². The van der Waals surface area contributed by atoms with Crippen LogP contribution in [0.2, 0.25) is 0 Å². The summed E-state index contributed by atoms with van der Waals surface area (Å²) >= 11 is 1.22. The van der Waals surface area contributed by atoms with E-state index in [2.05, 4.69) is 4.98 Å². The van der Waals surface area contributed by atoms with Crippen molar-refractivity contribution < 1.29 is 4.79 Å². The average Bonchev–Trinajstić information content (AvgIpc) is 2.80. The maximum absolute atomic E-state index is 12.9. The molecule has 2 aromatic heterocycles. The summed E-state index contributed by atoms with van der Waals surface area (Å²) in [5.74, 6) is -0.581. The molecule has 2 aromatic carbocycles. The number of nitrogen functional groups attached to an aromatic ring is 1. The number of pyridine rings is 1. The zero-order chi connectivity index (χ0) is 22.0. The van der Waals surface area contributed by atoms with Gasteiger partial charge in [-0.1, -0.05) is 66.4 Å². The number of aromatic nitrogens is 3. The summed E-state index contributed by atoms with van der Waals surface area (Å²) in [4.78, 5) is 42.7. The summed E-state index contributed by atoms with van der Waals surface area (Å²) in [5, 5.41) is 1.67. The Hall–Kier alpha value is -3.65. The summed E-state index contributed by atoms with van der Waals surface area (Å²) in [6, 6.07) is 20.7. The first-order valence-electron chi connectivity index (χ1n) is 9.60. The van der Waals surface area contributed by atoms with Gasteiger partial charge in [-0.15, -0.1) is 0 Å². The molecule has 156 valence electrons. The number of benzene rings is 2. The minimum atomic E-state index is -0.691. The van der Waals surface area contributed by atoms with Crippen LogP contribution in [0.15, 0.2) is 81.3 Å². The molecule has 0 spiro atoms. The monoisotopic (exact) mass is 432 g/mol. The van der Waals surface area contributed by atoms with E-state index in [1.54, 1.807) is 0 Å². The molecule has 7 nitrogen and oxygen atoms in total. The SMILES string of the molecule is Cn1c(=O)c(C(=O)CSc2ccc3ccccc3n2)c(N)n(Cc2ccccc2)c1=O. The van der Waals surface area contributed by atoms with Crippen LogP contribution in [0, 0.1) is 0 Å². The molecule has 2 N–H and O–H groups in total. The van der Waals surface area contributed by atoms with Crippen molar-refractivity contribution in [2.45, 2.75) is 11.6 Å². The van der Waals surface area contributed by atoms with Crippen LogP contribution in [0.3, 0.4) is 0 Å². The van der Waals surface area contributed by atoms with E-state index in [1.807, 2.05) is 66.7 Å². The normalized spacial score (nSPS) is 11.0. The molecule has 0 aliphatic carbocycles. The highest BCUT2D eigenvalue weighted by molar-refractivity contribution is 7.99. The summed E-state index contributed by atoms with van der Waals surface area (Å²) in [5.41, 5.74) is 6.38. The van der Waals surface area contributed by atoms with Crippen LogP contribution in [-0.2, 0) is 13.6 Å². The number of rotatable bonds is 6. The Morgan fingerprint density at radius 2 is 1.71 bits per heavy atom. The molecule has 31 heavy (non-hydrogen) atoms. The third-order valence-electron chi connectivity index (χ3n) is 4.97. The highest BCUT2D eigenvalue weighted by atomic mass is 32.2. The molecular formula is C23H20N4O3S. The zero-order valence-corrected chi connectivity index (χ0v) is 17.6. The van der Waals surface area contributed by atoms with E-state index >= 15 is 0 Å². The van der Waals surface area contributed by atoms with E-state index in [9.17, 15) is 14.4 Å². The van der Waals surface area contributed by atoms with Gasteiger partial charge in [0.25, 0.3) is 5.56 Å². The van der Waals surface area contributed by atoms with E-state index in [0.717, 1.165) is 21.0 Å². The third kappa shape index (κ3) is 4.15. The Kier molecular flexibility index (Phi) is 5.73. The van der Waals surface area contributed by atoms with E-state index in [0.29, 0.717) is 5.03 Å². The van der Waals surface area contributed by atoms with Crippen LogP contribution in [0.1, 0.15) is 15.9 Å². The predicted octanol–water partition coefficient (Wildman–Crippen LogP) is 2.70. The van der Waals surface area contributed by atoms with Gasteiger partial charge in [0.1, 0.15) is 11.4 Å². The lowest BCUT2D eigenvalue weighted by Gasteiger charge is -2.14. The number of fused-ring (bicyclic) bond motifs is 1. The fourth-order valence-electron chi connectivity index (χ4n) is 3.30. The molecule has 2 heterocycles. The Balaban J connectivity index is 1.63. The van der Waals surface area contributed by atoms with E-state index in [1.165, 1.54) is 23.4 Å². The molecule has 0 aliphatic heterocycles. The fourth-order valence-corrected chi connectivity index (χ4v) is 4.05. The van der Waals surface area contributed by atoms with Crippen molar-refractivity contribution >= 4 is 34.3 Å². The quantitative estimate of drug-likeness (QED) is 0.371. The van der Waals surface area contributed by atoms with Gasteiger partial charge >= 0.3 is 5.69 Å². The molecule has 0 amide bonds. The number of nitrogens with two attached hydrogens (primary N) is 1. The van der Waals surface area contributed by atoms with Crippen LogP contribution < -0.4 is 17.0 Å². The molecule has 0 radical (unpaired) electrons. The minimum absolute atomic E-state index is 0.0195. The number of carbonyl (C=O) groups is 1. The number of hydrogen-bond donors (Lipinski definition) is 1. The summed E-state index contributed by atoms with van der Waals surface area (Å²) < 4.78 is 2.17. The second kappa shape index (κ2) is 8.61. The summed E-state index contributed by atoms with van der Waals surface area (Å²) in [6.07, 6.45) is 0. The van der Waals surface area contributed by atoms with Crippen LogP contribution in [-0.4, -0.2) is 25.7 Å². The number of anilines is 1. The molecule has 0 aliphatic rings. The first kappa shape index (κ1) is 20.6. The van der Waals surface area contributed by atoms with Gasteiger partial charge < -0.3 is 5.73 Å². The largest absolute Gasteiger partial charge is 0.384 e. The Labute approximate surface area is 182 Å². The van der Waals surface area contributed by atoms with Gasteiger partial charge in [-0.05, 0) is 17.7 Å². The Morgan fingerprint density at radius 3 is 2.48 bits per heavy atom. The molecule has 0 saturated carbocycles. The lowest BCUT2D eigenvalue weighted by molar-refractivity contribution is 0.102. The second-order valence-electron chi connectivity index (χ2n) is 7.03. The van der Waals surface area contributed by atoms with Crippen LogP contribution in [0.5, 0.6) is 0 Å². The number of carbonyl (C=O) groups excluding carboxylic acids is 1. The van der Waals surface area contributed by atoms with Crippen LogP contribution in [0.4, 0.5) is 5.82 Å². The molecule has 0 unspecified atom stereocenters. The summed E-state index contributed by atoms with van der Waals surface area (Å²) in [7, 11) is 1.35. The Bertz CT molecular complexity index is 1390. The van der Waals surface area contributed by atoms with Crippen molar-refractivity contribution in [3.63, 3.8) is 0 Å². The standard InChI is InChI=1S/C23H20N4O3S/c1-26-22(29)20(21(24)27(23(26)30)13-15-7-3-2-4-8-15)18(28)14-31-19-12-11-16-9-5-6-10-17(16)25-19/h2-12H,13-14,24H2,1H3. The number of hydrogen-bond acceptors (Lipinski definition) is 6. The van der Waals surface area contributed by atoms with Gasteiger partial charge in [-0.25, -0.2) is 9.78 Å². The first-order valence-corrected chi connectivity index (χ1v) is 10.6. The number of thioether (sulfide) groups is 1. The smallest absolute Gasteiger partial charge is 0.332 e. The highest BCUT2D eigenvalue weighted by Gasteiger charge is 2.22. The van der Waals surface area contributed by atoms with Crippen molar-refractivity contribution in [3.8, 4) is 0 Å². The molecule has 8 heteroatoms. The van der Waals surface area contributed by atoms with Crippen molar-refractivity contribution in [1.29, 1.82) is 0 Å². The number of nitrogens with zero attached hydrogens (tertiary/aromatic N) is 3. The van der Waals surface area contributed by atoms with Gasteiger partial charge in [0.2, 0.25) is 0 Å².